The maximum absolute atomic E-state index is 12.0. The van der Waals surface area contributed by atoms with Crippen LogP contribution in [0.1, 0.15) is 13.8 Å². The van der Waals surface area contributed by atoms with Crippen LogP contribution in [-0.4, -0.2) is 48.3 Å². The summed E-state index contributed by atoms with van der Waals surface area (Å²) in [6, 6.07) is 2.18. The van der Waals surface area contributed by atoms with Crippen molar-refractivity contribution in [2.45, 2.75) is 26.6 Å². The summed E-state index contributed by atoms with van der Waals surface area (Å²) in [5.41, 5.74) is 0.0410. The largest absolute Gasteiger partial charge is 0.401 e. The van der Waals surface area contributed by atoms with Crippen molar-refractivity contribution < 1.29 is 13.2 Å². The molecule has 0 aliphatic rings. The van der Waals surface area contributed by atoms with Crippen LogP contribution in [0.2, 0.25) is 0 Å². The van der Waals surface area contributed by atoms with E-state index in [1.807, 2.05) is 0 Å². The van der Waals surface area contributed by atoms with Gasteiger partial charge in [-0.1, -0.05) is 0 Å². The van der Waals surface area contributed by atoms with Crippen LogP contribution in [0.4, 0.5) is 18.9 Å². The number of anilines is 1. The molecule has 0 spiro atoms. The number of halogens is 3. The Hall–Kier alpha value is -2.41. The number of nitrogens with zero attached hydrogens (tertiary/aromatic N) is 5. The van der Waals surface area contributed by atoms with E-state index < -0.39 is 18.1 Å². The predicted molar refractivity (Wildman–Crippen MR) is 86.0 cm³/mol. The van der Waals surface area contributed by atoms with Crippen molar-refractivity contribution in [3.8, 4) is 6.07 Å². The zero-order valence-corrected chi connectivity index (χ0v) is 13.6. The summed E-state index contributed by atoms with van der Waals surface area (Å²) >= 11 is 0. The molecule has 0 radical (unpaired) electrons. The van der Waals surface area contributed by atoms with Crippen molar-refractivity contribution in [1.82, 2.24) is 15.1 Å². The molecule has 0 aromatic carbocycles. The first-order valence-corrected chi connectivity index (χ1v) is 7.14. The highest BCUT2D eigenvalue weighted by molar-refractivity contribution is 5.96. The Morgan fingerprint density at radius 2 is 2.17 bits per heavy atom. The van der Waals surface area contributed by atoms with Gasteiger partial charge in [0.25, 0.3) is 0 Å². The van der Waals surface area contributed by atoms with E-state index in [-0.39, 0.29) is 19.0 Å². The lowest BCUT2D eigenvalue weighted by molar-refractivity contribution is -0.124. The van der Waals surface area contributed by atoms with Crippen LogP contribution in [0, 0.1) is 16.7 Å². The van der Waals surface area contributed by atoms with E-state index in [9.17, 15) is 13.2 Å². The molecule has 2 N–H and O–H groups in total. The standard InChI is InChI=1S/C14H20F3N7/c1-13(2,8-18)10-24-7-11(6-22-24)23-12(19-3)21-5-4-20-9-14(15,16)17/h6-7,20H,3-5,9-10H2,1-2H3,(H,21,23). The minimum atomic E-state index is -4.24. The lowest BCUT2D eigenvalue weighted by Gasteiger charge is -2.14. The second-order valence-electron chi connectivity index (χ2n) is 5.70. The summed E-state index contributed by atoms with van der Waals surface area (Å²) in [6.07, 6.45) is -1.02. The predicted octanol–water partition coefficient (Wildman–Crippen LogP) is 2.05. The number of aliphatic imine (C=N–C) groups is 2. The number of hydrogen-bond acceptors (Lipinski definition) is 4. The second kappa shape index (κ2) is 8.44. The molecule has 0 saturated heterocycles. The number of rotatable bonds is 7. The summed E-state index contributed by atoms with van der Waals surface area (Å²) in [4.78, 5) is 7.69. The van der Waals surface area contributed by atoms with Crippen LogP contribution in [0.3, 0.4) is 0 Å². The lowest BCUT2D eigenvalue weighted by atomic mass is 9.96. The number of nitriles is 1. The van der Waals surface area contributed by atoms with Crippen LogP contribution in [0.5, 0.6) is 0 Å². The fraction of sp³-hybridized carbons (Fsp3) is 0.571. The monoisotopic (exact) mass is 343 g/mol. The lowest BCUT2D eigenvalue weighted by Crippen LogP contribution is -2.30. The normalized spacial score (nSPS) is 12.8. The van der Waals surface area contributed by atoms with Gasteiger partial charge in [-0.15, -0.1) is 0 Å². The Morgan fingerprint density at radius 3 is 2.75 bits per heavy atom. The minimum Gasteiger partial charge on any atom is -0.322 e. The van der Waals surface area contributed by atoms with Crippen molar-refractivity contribution >= 4 is 18.4 Å². The first-order chi connectivity index (χ1) is 11.1. The van der Waals surface area contributed by atoms with Crippen molar-refractivity contribution in [2.24, 2.45) is 15.4 Å². The molecular weight excluding hydrogens is 323 g/mol. The molecule has 0 aliphatic carbocycles. The third-order valence-electron chi connectivity index (χ3n) is 2.77. The van der Waals surface area contributed by atoms with E-state index in [0.29, 0.717) is 12.2 Å². The molecule has 10 heteroatoms. The molecule has 0 unspecified atom stereocenters. The molecular formula is C14H20F3N7. The van der Waals surface area contributed by atoms with Crippen LogP contribution >= 0.6 is 0 Å². The summed E-state index contributed by atoms with van der Waals surface area (Å²) in [5.74, 6) is 0.183. The molecule has 7 nitrogen and oxygen atoms in total. The molecule has 1 heterocycles. The zero-order valence-electron chi connectivity index (χ0n) is 13.6. The van der Waals surface area contributed by atoms with E-state index >= 15 is 0 Å². The van der Waals surface area contributed by atoms with Gasteiger partial charge in [-0.25, -0.2) is 9.98 Å². The maximum Gasteiger partial charge on any atom is 0.401 e. The third kappa shape index (κ3) is 7.73. The van der Waals surface area contributed by atoms with Crippen LogP contribution in [0.15, 0.2) is 22.4 Å². The van der Waals surface area contributed by atoms with Crippen LogP contribution in [0.25, 0.3) is 0 Å². The molecule has 0 aliphatic heterocycles. The van der Waals surface area contributed by atoms with Gasteiger partial charge in [-0.05, 0) is 20.6 Å². The zero-order chi connectivity index (χ0) is 18.2. The molecule has 0 saturated carbocycles. The number of alkyl halides is 3. The van der Waals surface area contributed by atoms with Crippen molar-refractivity contribution in [1.29, 1.82) is 5.26 Å². The fourth-order valence-corrected chi connectivity index (χ4v) is 1.68. The SMILES string of the molecule is C=NC(=NCCNCC(F)(F)F)Nc1cnn(CC(C)(C)C#N)c1. The topological polar surface area (TPSA) is 90.4 Å². The van der Waals surface area contributed by atoms with Crippen molar-refractivity contribution in [3.63, 3.8) is 0 Å². The van der Waals surface area contributed by atoms with Crippen LogP contribution in [-0.2, 0) is 6.54 Å². The number of nitrogens with one attached hydrogen (secondary N) is 2. The first-order valence-electron chi connectivity index (χ1n) is 7.14. The molecule has 0 bridgehead atoms. The molecule has 0 fully saturated rings. The Balaban J connectivity index is 2.51. The highest BCUT2D eigenvalue weighted by Crippen LogP contribution is 2.17. The van der Waals surface area contributed by atoms with E-state index in [1.54, 1.807) is 24.7 Å². The van der Waals surface area contributed by atoms with Crippen molar-refractivity contribution in [2.75, 3.05) is 25.0 Å². The molecule has 1 aromatic heterocycles. The van der Waals surface area contributed by atoms with Gasteiger partial charge < -0.3 is 10.6 Å². The number of hydrogen-bond donors (Lipinski definition) is 2. The van der Waals surface area contributed by atoms with E-state index in [4.69, 9.17) is 5.26 Å². The van der Waals surface area contributed by atoms with Gasteiger partial charge in [-0.3, -0.25) is 4.68 Å². The fourth-order valence-electron chi connectivity index (χ4n) is 1.68. The van der Waals surface area contributed by atoms with Gasteiger partial charge in [0, 0.05) is 12.7 Å². The summed E-state index contributed by atoms with van der Waals surface area (Å²) in [6.45, 7) is 6.50. The number of aromatic nitrogens is 2. The average Bonchev–Trinajstić information content (AvgIpc) is 2.90. The van der Waals surface area contributed by atoms with Gasteiger partial charge in [-0.2, -0.15) is 23.5 Å². The highest BCUT2D eigenvalue weighted by atomic mass is 19.4. The maximum atomic E-state index is 12.0. The molecule has 1 aromatic rings. The summed E-state index contributed by atoms with van der Waals surface area (Å²) < 4.78 is 37.5. The highest BCUT2D eigenvalue weighted by Gasteiger charge is 2.25. The van der Waals surface area contributed by atoms with Gasteiger partial charge in [0.2, 0.25) is 5.96 Å². The Kier molecular flexibility index (Phi) is 6.91. The second-order valence-corrected chi connectivity index (χ2v) is 5.70. The summed E-state index contributed by atoms with van der Waals surface area (Å²) in [7, 11) is 0. The molecule has 132 valence electrons. The molecule has 0 atom stereocenters. The summed E-state index contributed by atoms with van der Waals surface area (Å²) in [5, 5.41) is 18.2. The van der Waals surface area contributed by atoms with E-state index in [0.717, 1.165) is 0 Å². The van der Waals surface area contributed by atoms with Gasteiger partial charge >= 0.3 is 6.18 Å². The Bertz CT molecular complexity index is 611. The Morgan fingerprint density at radius 1 is 1.46 bits per heavy atom. The molecule has 1 rings (SSSR count). The van der Waals surface area contributed by atoms with E-state index in [1.165, 1.54) is 6.20 Å². The third-order valence-corrected chi connectivity index (χ3v) is 2.77. The van der Waals surface area contributed by atoms with Gasteiger partial charge in [0.05, 0.1) is 43.0 Å². The average molecular weight is 343 g/mol. The first kappa shape index (κ1) is 19.6. The van der Waals surface area contributed by atoms with Crippen molar-refractivity contribution in [3.05, 3.63) is 12.4 Å². The number of guanidine groups is 1. The Labute approximate surface area is 138 Å². The smallest absolute Gasteiger partial charge is 0.322 e. The van der Waals surface area contributed by atoms with E-state index in [2.05, 4.69) is 38.5 Å². The van der Waals surface area contributed by atoms with Gasteiger partial charge in [0.1, 0.15) is 0 Å². The molecule has 24 heavy (non-hydrogen) atoms. The minimum absolute atomic E-state index is 0.0653. The quantitative estimate of drug-likeness (QED) is 0.450. The molecule has 0 amide bonds. The van der Waals surface area contributed by atoms with Gasteiger partial charge in [0.15, 0.2) is 0 Å². The van der Waals surface area contributed by atoms with Crippen LogP contribution < -0.4 is 10.6 Å².